The van der Waals surface area contributed by atoms with E-state index in [1.54, 1.807) is 0 Å². The Hall–Kier alpha value is -4.70. The van der Waals surface area contributed by atoms with E-state index in [-0.39, 0.29) is 0 Å². The van der Waals surface area contributed by atoms with Crippen LogP contribution in [-0.4, -0.2) is 0 Å². The van der Waals surface area contributed by atoms with E-state index in [1.165, 1.54) is 63.6 Å². The summed E-state index contributed by atoms with van der Waals surface area (Å²) in [7, 11) is 0. The van der Waals surface area contributed by atoms with Crippen LogP contribution in [0.3, 0.4) is 0 Å². The van der Waals surface area contributed by atoms with Gasteiger partial charge in [0.1, 0.15) is 0 Å². The molecule has 9 rings (SSSR count). The van der Waals surface area contributed by atoms with Crippen LogP contribution in [0, 0.1) is 0 Å². The molecule has 0 saturated heterocycles. The van der Waals surface area contributed by atoms with Gasteiger partial charge in [0.15, 0.2) is 0 Å². The zero-order valence-electron chi connectivity index (χ0n) is 23.1. The van der Waals surface area contributed by atoms with Crippen molar-refractivity contribution in [2.24, 2.45) is 0 Å². The van der Waals surface area contributed by atoms with Crippen molar-refractivity contribution in [1.82, 2.24) is 0 Å². The molecule has 0 spiro atoms. The topological polar surface area (TPSA) is 3.24 Å². The van der Waals surface area contributed by atoms with Crippen LogP contribution in [-0.2, 0) is 0 Å². The van der Waals surface area contributed by atoms with Crippen molar-refractivity contribution >= 4 is 96.8 Å². The summed E-state index contributed by atoms with van der Waals surface area (Å²) in [5.41, 5.74) is 6.00. The Morgan fingerprint density at radius 3 is 1.72 bits per heavy atom. The van der Waals surface area contributed by atoms with Crippen LogP contribution >= 0.6 is 27.3 Å². The summed E-state index contributed by atoms with van der Waals surface area (Å²) in [6, 6.07) is 53.1. The molecule has 0 saturated carbocycles. The highest BCUT2D eigenvalue weighted by Gasteiger charge is 2.16. The molecule has 1 nitrogen and oxygen atoms in total. The molecule has 0 unspecified atom stereocenters. The lowest BCUT2D eigenvalue weighted by Gasteiger charge is -2.25. The van der Waals surface area contributed by atoms with E-state index in [0.29, 0.717) is 0 Å². The predicted molar refractivity (Wildman–Crippen MR) is 191 cm³/mol. The Bertz CT molecular complexity index is 2420. The number of para-hydroxylation sites is 2. The molecule has 0 atom stereocenters. The second-order valence-corrected chi connectivity index (χ2v) is 13.0. The monoisotopic (exact) mass is 629 g/mol. The SMILES string of the molecule is Brc1ccc2ccc3c(-c4ccc5c(c4)sc4cc(N(c6ccccc6)c6ccccc6)ccc45)ccc4ccc1c2c43. The van der Waals surface area contributed by atoms with Crippen LogP contribution in [0.1, 0.15) is 0 Å². The minimum absolute atomic E-state index is 1.14. The summed E-state index contributed by atoms with van der Waals surface area (Å²) >= 11 is 5.66. The van der Waals surface area contributed by atoms with Crippen LogP contribution in [0.4, 0.5) is 17.1 Å². The first kappa shape index (κ1) is 24.9. The van der Waals surface area contributed by atoms with Crippen LogP contribution < -0.4 is 4.90 Å². The first-order valence-electron chi connectivity index (χ1n) is 14.5. The van der Waals surface area contributed by atoms with Gasteiger partial charge in [0.25, 0.3) is 0 Å². The Balaban J connectivity index is 1.20. The van der Waals surface area contributed by atoms with Crippen molar-refractivity contribution in [2.75, 3.05) is 4.90 Å². The molecule has 0 N–H and O–H groups in total. The molecule has 8 aromatic carbocycles. The molecule has 0 aliphatic rings. The number of hydrogen-bond acceptors (Lipinski definition) is 2. The molecular formula is C40H24BrNS. The normalized spacial score (nSPS) is 11.8. The van der Waals surface area contributed by atoms with Gasteiger partial charge in [0.05, 0.1) is 0 Å². The third-order valence-corrected chi connectivity index (χ3v) is 10.5. The summed E-state index contributed by atoms with van der Waals surface area (Å²) in [4.78, 5) is 2.33. The van der Waals surface area contributed by atoms with Gasteiger partial charge in [-0.15, -0.1) is 11.3 Å². The van der Waals surface area contributed by atoms with E-state index in [4.69, 9.17) is 0 Å². The number of halogens is 1. The van der Waals surface area contributed by atoms with E-state index in [0.717, 1.165) is 21.5 Å². The van der Waals surface area contributed by atoms with Gasteiger partial charge in [-0.05, 0) is 92.0 Å². The van der Waals surface area contributed by atoms with E-state index >= 15 is 0 Å². The molecule has 0 radical (unpaired) electrons. The van der Waals surface area contributed by atoms with Crippen molar-refractivity contribution in [3.63, 3.8) is 0 Å². The van der Waals surface area contributed by atoms with E-state index in [1.807, 2.05) is 11.3 Å². The zero-order valence-corrected chi connectivity index (χ0v) is 25.5. The smallest absolute Gasteiger partial charge is 0.0476 e. The lowest BCUT2D eigenvalue weighted by atomic mass is 9.90. The van der Waals surface area contributed by atoms with Gasteiger partial charge in [-0.1, -0.05) is 113 Å². The molecule has 0 bridgehead atoms. The van der Waals surface area contributed by atoms with Crippen molar-refractivity contribution in [3.05, 3.63) is 150 Å². The second-order valence-electron chi connectivity index (χ2n) is 11.1. The predicted octanol–water partition coefficient (Wildman–Crippen LogP) is 12.9. The Morgan fingerprint density at radius 1 is 0.442 bits per heavy atom. The van der Waals surface area contributed by atoms with E-state index in [9.17, 15) is 0 Å². The maximum atomic E-state index is 3.79. The fourth-order valence-corrected chi connectivity index (χ4v) is 8.33. The van der Waals surface area contributed by atoms with Gasteiger partial charge in [-0.25, -0.2) is 0 Å². The largest absolute Gasteiger partial charge is 0.310 e. The van der Waals surface area contributed by atoms with Gasteiger partial charge >= 0.3 is 0 Å². The van der Waals surface area contributed by atoms with Crippen LogP contribution in [0.2, 0.25) is 0 Å². The first-order chi connectivity index (χ1) is 21.2. The fraction of sp³-hybridized carbons (Fsp3) is 0. The van der Waals surface area contributed by atoms with Gasteiger partial charge < -0.3 is 4.90 Å². The average molecular weight is 631 g/mol. The molecule has 1 aromatic heterocycles. The van der Waals surface area contributed by atoms with Crippen molar-refractivity contribution in [2.45, 2.75) is 0 Å². The Labute approximate surface area is 261 Å². The van der Waals surface area contributed by atoms with Gasteiger partial charge in [-0.3, -0.25) is 0 Å². The van der Waals surface area contributed by atoms with Gasteiger partial charge in [-0.2, -0.15) is 0 Å². The Morgan fingerprint density at radius 2 is 1.00 bits per heavy atom. The molecule has 43 heavy (non-hydrogen) atoms. The van der Waals surface area contributed by atoms with Crippen LogP contribution in [0.25, 0.3) is 63.6 Å². The molecule has 0 amide bonds. The molecule has 0 aliphatic heterocycles. The average Bonchev–Trinajstić information content (AvgIpc) is 3.42. The molecule has 3 heteroatoms. The summed E-state index contributed by atoms with van der Waals surface area (Å²) in [6.45, 7) is 0. The maximum absolute atomic E-state index is 3.79. The maximum Gasteiger partial charge on any atom is 0.0476 e. The van der Waals surface area contributed by atoms with Crippen molar-refractivity contribution < 1.29 is 0 Å². The highest BCUT2D eigenvalue weighted by Crippen LogP contribution is 2.44. The Kier molecular flexibility index (Phi) is 5.59. The number of rotatable bonds is 4. The number of thiophene rings is 1. The van der Waals surface area contributed by atoms with Gasteiger partial charge in [0.2, 0.25) is 0 Å². The molecule has 0 aliphatic carbocycles. The number of anilines is 3. The highest BCUT2D eigenvalue weighted by molar-refractivity contribution is 9.10. The highest BCUT2D eigenvalue weighted by atomic mass is 79.9. The quantitative estimate of drug-likeness (QED) is 0.175. The fourth-order valence-electron chi connectivity index (χ4n) is 6.69. The molecular weight excluding hydrogens is 606 g/mol. The summed E-state index contributed by atoms with van der Waals surface area (Å²) in [5.74, 6) is 0. The standard InChI is InChI=1S/C40H24BrNS/c41-36-22-15-26-12-19-34-31(17-11-25-13-20-35(36)40(26)39(25)34)27-14-18-32-33-21-16-30(24-38(33)43-37(32)23-27)42(28-7-3-1-4-8-28)29-9-5-2-6-10-29/h1-24H. The van der Waals surface area contributed by atoms with Crippen molar-refractivity contribution in [1.29, 1.82) is 0 Å². The zero-order chi connectivity index (χ0) is 28.5. The minimum atomic E-state index is 1.14. The summed E-state index contributed by atoms with van der Waals surface area (Å²) in [6.07, 6.45) is 0. The third kappa shape index (κ3) is 3.89. The number of fused-ring (bicyclic) bond motifs is 3. The van der Waals surface area contributed by atoms with Gasteiger partial charge in [0, 0.05) is 41.7 Å². The lowest BCUT2D eigenvalue weighted by molar-refractivity contribution is 1.29. The van der Waals surface area contributed by atoms with Crippen LogP contribution in [0.15, 0.2) is 150 Å². The van der Waals surface area contributed by atoms with Crippen molar-refractivity contribution in [3.8, 4) is 11.1 Å². The third-order valence-electron chi connectivity index (χ3n) is 8.67. The first-order valence-corrected chi connectivity index (χ1v) is 16.1. The minimum Gasteiger partial charge on any atom is -0.310 e. The van der Waals surface area contributed by atoms with Crippen LogP contribution in [0.5, 0.6) is 0 Å². The summed E-state index contributed by atoms with van der Waals surface area (Å²) in [5, 5.41) is 10.4. The molecule has 9 aromatic rings. The number of benzene rings is 8. The van der Waals surface area contributed by atoms with E-state index in [2.05, 4.69) is 166 Å². The summed E-state index contributed by atoms with van der Waals surface area (Å²) < 4.78 is 3.75. The number of hydrogen-bond donors (Lipinski definition) is 0. The molecule has 1 heterocycles. The van der Waals surface area contributed by atoms with E-state index < -0.39 is 0 Å². The number of nitrogens with zero attached hydrogens (tertiary/aromatic N) is 1. The second kappa shape index (κ2) is 9.67. The molecule has 0 fully saturated rings. The lowest BCUT2D eigenvalue weighted by Crippen LogP contribution is -2.09. The molecule has 202 valence electrons.